The van der Waals surface area contributed by atoms with Crippen LogP contribution in [-0.4, -0.2) is 15.9 Å². The van der Waals surface area contributed by atoms with Crippen LogP contribution in [0.3, 0.4) is 0 Å². The van der Waals surface area contributed by atoms with E-state index in [1.807, 2.05) is 0 Å². The van der Waals surface area contributed by atoms with Crippen molar-refractivity contribution in [3.8, 4) is 0 Å². The lowest BCUT2D eigenvalue weighted by molar-refractivity contribution is 0.0995. The second-order valence-corrected chi connectivity index (χ2v) is 1.98. The molecule has 0 atom stereocenters. The lowest BCUT2D eigenvalue weighted by Crippen LogP contribution is -2.12. The number of halogens is 1. The molecule has 1 heterocycles. The molecular formula is C5H4ClN3O. The topological polar surface area (TPSA) is 68.9 Å². The summed E-state index contributed by atoms with van der Waals surface area (Å²) in [5.74, 6) is -0.607. The molecule has 10 heavy (non-hydrogen) atoms. The van der Waals surface area contributed by atoms with E-state index in [1.165, 1.54) is 12.4 Å². The molecule has 0 saturated heterocycles. The van der Waals surface area contributed by atoms with Gasteiger partial charge in [0.2, 0.25) is 0 Å². The number of aromatic nitrogens is 2. The Morgan fingerprint density at radius 3 is 2.70 bits per heavy atom. The molecule has 1 aromatic rings. The van der Waals surface area contributed by atoms with Gasteiger partial charge < -0.3 is 5.73 Å². The van der Waals surface area contributed by atoms with E-state index in [0.29, 0.717) is 0 Å². The lowest BCUT2D eigenvalue weighted by Gasteiger charge is -1.91. The molecule has 0 aromatic carbocycles. The average molecular weight is 158 g/mol. The maximum Gasteiger partial charge on any atom is 0.267 e. The van der Waals surface area contributed by atoms with E-state index in [2.05, 4.69) is 9.97 Å². The summed E-state index contributed by atoms with van der Waals surface area (Å²) >= 11 is 5.43. The summed E-state index contributed by atoms with van der Waals surface area (Å²) in [4.78, 5) is 17.6. The summed E-state index contributed by atoms with van der Waals surface area (Å²) in [6, 6.07) is 1.31. The average Bonchev–Trinajstić information content (AvgIpc) is 1.88. The Kier molecular flexibility index (Phi) is 1.82. The number of nitrogens with zero attached hydrogens (tertiary/aromatic N) is 2. The first-order valence-electron chi connectivity index (χ1n) is 2.47. The molecule has 2 N–H and O–H groups in total. The highest BCUT2D eigenvalue weighted by Crippen LogP contribution is 2.02. The van der Waals surface area contributed by atoms with Crippen LogP contribution in [0.2, 0.25) is 5.15 Å². The Labute approximate surface area is 62.0 Å². The number of carbonyl (C=O) groups excluding carboxylic acids is 1. The number of nitrogens with two attached hydrogens (primary N) is 1. The van der Waals surface area contributed by atoms with E-state index in [-0.39, 0.29) is 10.8 Å². The molecule has 0 aliphatic carbocycles. The highest BCUT2D eigenvalue weighted by Gasteiger charge is 2.00. The van der Waals surface area contributed by atoms with Gasteiger partial charge in [0.15, 0.2) is 0 Å². The summed E-state index contributed by atoms with van der Waals surface area (Å²) in [5.41, 5.74) is 5.02. The van der Waals surface area contributed by atoms with Crippen molar-refractivity contribution in [3.63, 3.8) is 0 Å². The van der Waals surface area contributed by atoms with Gasteiger partial charge in [-0.3, -0.25) is 4.79 Å². The number of rotatable bonds is 1. The van der Waals surface area contributed by atoms with Gasteiger partial charge in [0.05, 0.1) is 0 Å². The molecule has 0 saturated carbocycles. The molecular weight excluding hydrogens is 154 g/mol. The second-order valence-electron chi connectivity index (χ2n) is 1.59. The molecule has 52 valence electrons. The molecule has 0 radical (unpaired) electrons. The zero-order chi connectivity index (χ0) is 7.56. The Morgan fingerprint density at radius 1 is 1.60 bits per heavy atom. The van der Waals surface area contributed by atoms with Gasteiger partial charge in [-0.1, -0.05) is 11.6 Å². The highest BCUT2D eigenvalue weighted by molar-refractivity contribution is 6.29. The third kappa shape index (κ3) is 1.41. The first-order chi connectivity index (χ1) is 4.70. The molecule has 1 amide bonds. The number of hydrogen-bond donors (Lipinski definition) is 1. The van der Waals surface area contributed by atoms with Crippen molar-refractivity contribution in [2.75, 3.05) is 0 Å². The van der Waals surface area contributed by atoms with Gasteiger partial charge in [-0.25, -0.2) is 9.97 Å². The predicted octanol–water partition coefficient (Wildman–Crippen LogP) is 0.229. The Hall–Kier alpha value is -1.16. The van der Waals surface area contributed by atoms with E-state index in [1.54, 1.807) is 0 Å². The smallest absolute Gasteiger partial charge is 0.267 e. The summed E-state index contributed by atoms with van der Waals surface area (Å²) in [6.45, 7) is 0. The van der Waals surface area contributed by atoms with Crippen LogP contribution in [0.5, 0.6) is 0 Å². The number of primary amides is 1. The second kappa shape index (κ2) is 2.62. The zero-order valence-corrected chi connectivity index (χ0v) is 5.67. The van der Waals surface area contributed by atoms with Crippen LogP contribution < -0.4 is 5.73 Å². The van der Waals surface area contributed by atoms with Crippen molar-refractivity contribution in [3.05, 3.63) is 23.2 Å². The number of carbonyl (C=O) groups is 1. The molecule has 0 bridgehead atoms. The van der Waals surface area contributed by atoms with E-state index in [4.69, 9.17) is 17.3 Å². The molecule has 4 nitrogen and oxygen atoms in total. The van der Waals surface area contributed by atoms with Crippen molar-refractivity contribution in [2.24, 2.45) is 5.73 Å². The number of amides is 1. The van der Waals surface area contributed by atoms with Gasteiger partial charge in [-0.05, 0) is 0 Å². The molecule has 0 aliphatic heterocycles. The van der Waals surface area contributed by atoms with E-state index in [9.17, 15) is 4.79 Å². The predicted molar refractivity (Wildman–Crippen MR) is 35.6 cm³/mol. The van der Waals surface area contributed by atoms with Gasteiger partial charge in [0.1, 0.15) is 17.2 Å². The molecule has 1 rings (SSSR count). The Balaban J connectivity index is 3.07. The quantitative estimate of drug-likeness (QED) is 0.594. The minimum absolute atomic E-state index is 0.125. The van der Waals surface area contributed by atoms with Crippen molar-refractivity contribution in [1.82, 2.24) is 9.97 Å². The third-order valence-electron chi connectivity index (χ3n) is 0.886. The molecule has 0 unspecified atom stereocenters. The largest absolute Gasteiger partial charge is 0.364 e. The summed E-state index contributed by atoms with van der Waals surface area (Å²) < 4.78 is 0. The minimum Gasteiger partial charge on any atom is -0.364 e. The van der Waals surface area contributed by atoms with E-state index < -0.39 is 5.91 Å². The minimum atomic E-state index is -0.607. The SMILES string of the molecule is NC(=O)c1cc(Cl)ncn1. The highest BCUT2D eigenvalue weighted by atomic mass is 35.5. The fourth-order valence-corrected chi connectivity index (χ4v) is 0.615. The molecule has 0 aliphatic rings. The first-order valence-corrected chi connectivity index (χ1v) is 2.85. The van der Waals surface area contributed by atoms with Crippen LogP contribution >= 0.6 is 11.6 Å². The molecule has 5 heteroatoms. The Morgan fingerprint density at radius 2 is 2.30 bits per heavy atom. The van der Waals surface area contributed by atoms with Crippen molar-refractivity contribution in [1.29, 1.82) is 0 Å². The normalized spacial score (nSPS) is 9.30. The van der Waals surface area contributed by atoms with Gasteiger partial charge >= 0.3 is 0 Å². The van der Waals surface area contributed by atoms with Crippen molar-refractivity contribution < 1.29 is 4.79 Å². The monoisotopic (exact) mass is 157 g/mol. The standard InChI is InChI=1S/C5H4ClN3O/c6-4-1-3(5(7)10)8-2-9-4/h1-2H,(H2,7,10). The maximum absolute atomic E-state index is 10.4. The maximum atomic E-state index is 10.4. The van der Waals surface area contributed by atoms with Gasteiger partial charge in [0.25, 0.3) is 5.91 Å². The lowest BCUT2D eigenvalue weighted by atomic mass is 10.4. The zero-order valence-electron chi connectivity index (χ0n) is 4.91. The van der Waals surface area contributed by atoms with Gasteiger partial charge in [-0.15, -0.1) is 0 Å². The van der Waals surface area contributed by atoms with Crippen LogP contribution in [0, 0.1) is 0 Å². The molecule has 1 aromatic heterocycles. The molecule has 0 spiro atoms. The van der Waals surface area contributed by atoms with Crippen LogP contribution in [-0.2, 0) is 0 Å². The van der Waals surface area contributed by atoms with Crippen molar-refractivity contribution >= 4 is 17.5 Å². The summed E-state index contributed by atoms with van der Waals surface area (Å²) in [5, 5.41) is 0.212. The summed E-state index contributed by atoms with van der Waals surface area (Å²) in [6.07, 6.45) is 1.18. The van der Waals surface area contributed by atoms with Crippen LogP contribution in [0.4, 0.5) is 0 Å². The van der Waals surface area contributed by atoms with Crippen molar-refractivity contribution in [2.45, 2.75) is 0 Å². The number of hydrogen-bond acceptors (Lipinski definition) is 3. The van der Waals surface area contributed by atoms with Crippen LogP contribution in [0.25, 0.3) is 0 Å². The van der Waals surface area contributed by atoms with Gasteiger partial charge in [-0.2, -0.15) is 0 Å². The fourth-order valence-electron chi connectivity index (χ4n) is 0.468. The molecule has 0 fully saturated rings. The fraction of sp³-hybridized carbons (Fsp3) is 0. The third-order valence-corrected chi connectivity index (χ3v) is 1.09. The first kappa shape index (κ1) is 6.95. The van der Waals surface area contributed by atoms with Gasteiger partial charge in [0, 0.05) is 6.07 Å². The summed E-state index contributed by atoms with van der Waals surface area (Å²) in [7, 11) is 0. The van der Waals surface area contributed by atoms with Crippen LogP contribution in [0.15, 0.2) is 12.4 Å². The van der Waals surface area contributed by atoms with E-state index >= 15 is 0 Å². The Bertz CT molecular complexity index is 263. The van der Waals surface area contributed by atoms with Crippen LogP contribution in [0.1, 0.15) is 10.5 Å². The van der Waals surface area contributed by atoms with E-state index in [0.717, 1.165) is 0 Å².